The van der Waals surface area contributed by atoms with Crippen LogP contribution in [0.25, 0.3) is 0 Å². The van der Waals surface area contributed by atoms with E-state index in [9.17, 15) is 4.79 Å². The minimum Gasteiger partial charge on any atom is -0.378 e. The van der Waals surface area contributed by atoms with Crippen LogP contribution in [0.3, 0.4) is 0 Å². The van der Waals surface area contributed by atoms with E-state index in [0.29, 0.717) is 18.3 Å². The molecule has 1 saturated heterocycles. The Kier molecular flexibility index (Phi) is 3.80. The largest absolute Gasteiger partial charge is 0.378 e. The highest BCUT2D eigenvalue weighted by molar-refractivity contribution is 7.14. The molecule has 0 bridgehead atoms. The summed E-state index contributed by atoms with van der Waals surface area (Å²) in [5.41, 5.74) is 1.44. The summed E-state index contributed by atoms with van der Waals surface area (Å²) in [5, 5.41) is 0. The van der Waals surface area contributed by atoms with Gasteiger partial charge in [-0.1, -0.05) is 0 Å². The molecule has 18 heavy (non-hydrogen) atoms. The van der Waals surface area contributed by atoms with Crippen LogP contribution in [0, 0.1) is 0 Å². The number of aryl methyl sites for hydroxylation is 2. The summed E-state index contributed by atoms with van der Waals surface area (Å²) in [6, 6.07) is 2.15. The molecule has 0 N–H and O–H groups in total. The number of Topliss-reactive ketones (excluding diaryl/α,β-unsaturated/α-hetero) is 1. The third-order valence-electron chi connectivity index (χ3n) is 3.99. The fourth-order valence-electron chi connectivity index (χ4n) is 2.92. The molecular formula is C15H20O2S. The second-order valence-corrected chi connectivity index (χ2v) is 6.50. The summed E-state index contributed by atoms with van der Waals surface area (Å²) >= 11 is 1.74. The van der Waals surface area contributed by atoms with E-state index in [1.165, 1.54) is 36.1 Å². The Bertz CT molecular complexity index is 406. The first-order valence-electron chi connectivity index (χ1n) is 7.09. The summed E-state index contributed by atoms with van der Waals surface area (Å²) in [5.74, 6) is 0.324. The zero-order valence-electron chi connectivity index (χ0n) is 10.7. The van der Waals surface area contributed by atoms with Crippen molar-refractivity contribution < 1.29 is 9.53 Å². The first kappa shape index (κ1) is 12.4. The van der Waals surface area contributed by atoms with Crippen molar-refractivity contribution in [1.82, 2.24) is 0 Å². The van der Waals surface area contributed by atoms with Gasteiger partial charge in [-0.15, -0.1) is 11.3 Å². The molecule has 0 amide bonds. The predicted molar refractivity (Wildman–Crippen MR) is 73.5 cm³/mol. The Morgan fingerprint density at radius 3 is 3.00 bits per heavy atom. The molecule has 1 aliphatic heterocycles. The van der Waals surface area contributed by atoms with Crippen LogP contribution in [0.4, 0.5) is 0 Å². The van der Waals surface area contributed by atoms with E-state index in [1.807, 2.05) is 0 Å². The zero-order chi connectivity index (χ0) is 12.4. The fourth-order valence-corrected chi connectivity index (χ4v) is 4.14. The first-order chi connectivity index (χ1) is 8.83. The van der Waals surface area contributed by atoms with Gasteiger partial charge in [0.05, 0.1) is 11.0 Å². The van der Waals surface area contributed by atoms with Gasteiger partial charge in [0, 0.05) is 17.9 Å². The van der Waals surface area contributed by atoms with Gasteiger partial charge >= 0.3 is 0 Å². The van der Waals surface area contributed by atoms with Gasteiger partial charge in [0.25, 0.3) is 0 Å². The maximum Gasteiger partial charge on any atom is 0.172 e. The molecule has 3 rings (SSSR count). The first-order valence-corrected chi connectivity index (χ1v) is 7.91. The standard InChI is InChI=1S/C15H20O2S/c16-13(8-7-12-5-3-9-17-12)15-10-11-4-1-2-6-14(11)18-15/h10,12H,1-9H2. The highest BCUT2D eigenvalue weighted by atomic mass is 32.1. The minimum absolute atomic E-state index is 0.324. The van der Waals surface area contributed by atoms with E-state index < -0.39 is 0 Å². The number of hydrogen-bond acceptors (Lipinski definition) is 3. The van der Waals surface area contributed by atoms with E-state index in [1.54, 1.807) is 11.3 Å². The Morgan fingerprint density at radius 1 is 1.33 bits per heavy atom. The molecular weight excluding hydrogens is 244 g/mol. The number of rotatable bonds is 4. The highest BCUT2D eigenvalue weighted by Gasteiger charge is 2.20. The third kappa shape index (κ3) is 2.67. The number of ketones is 1. The molecule has 1 aromatic rings. The maximum atomic E-state index is 12.2. The van der Waals surface area contributed by atoms with E-state index in [2.05, 4.69) is 6.07 Å². The molecule has 2 heterocycles. The number of carbonyl (C=O) groups is 1. The normalized spacial score (nSPS) is 23.0. The summed E-state index contributed by atoms with van der Waals surface area (Å²) in [7, 11) is 0. The highest BCUT2D eigenvalue weighted by Crippen LogP contribution is 2.30. The lowest BCUT2D eigenvalue weighted by Crippen LogP contribution is -2.08. The smallest absolute Gasteiger partial charge is 0.172 e. The lowest BCUT2D eigenvalue weighted by atomic mass is 9.98. The molecule has 1 fully saturated rings. The predicted octanol–water partition coefficient (Wildman–Crippen LogP) is 3.77. The molecule has 0 spiro atoms. The van der Waals surface area contributed by atoms with Gasteiger partial charge in [-0.05, 0) is 56.6 Å². The van der Waals surface area contributed by atoms with Gasteiger partial charge in [-0.3, -0.25) is 4.79 Å². The van der Waals surface area contributed by atoms with Gasteiger partial charge in [0.15, 0.2) is 5.78 Å². The van der Waals surface area contributed by atoms with Crippen molar-refractivity contribution in [3.63, 3.8) is 0 Å². The van der Waals surface area contributed by atoms with Crippen LogP contribution >= 0.6 is 11.3 Å². The summed E-state index contributed by atoms with van der Waals surface area (Å²) in [6.07, 6.45) is 9.11. The topological polar surface area (TPSA) is 26.3 Å². The summed E-state index contributed by atoms with van der Waals surface area (Å²) < 4.78 is 5.57. The lowest BCUT2D eigenvalue weighted by molar-refractivity contribution is 0.0862. The van der Waals surface area contributed by atoms with Crippen molar-refractivity contribution in [3.8, 4) is 0 Å². The van der Waals surface area contributed by atoms with E-state index in [-0.39, 0.29) is 0 Å². The number of ether oxygens (including phenoxy) is 1. The Labute approximate surface area is 112 Å². The van der Waals surface area contributed by atoms with Crippen molar-refractivity contribution >= 4 is 17.1 Å². The molecule has 1 unspecified atom stereocenters. The van der Waals surface area contributed by atoms with Gasteiger partial charge < -0.3 is 4.74 Å². The number of thiophene rings is 1. The van der Waals surface area contributed by atoms with Gasteiger partial charge in [-0.2, -0.15) is 0 Å². The molecule has 1 aliphatic carbocycles. The molecule has 0 aromatic carbocycles. The summed E-state index contributed by atoms with van der Waals surface area (Å²) in [4.78, 5) is 14.6. The van der Waals surface area contributed by atoms with Crippen LogP contribution in [0.1, 0.15) is 58.6 Å². The van der Waals surface area contributed by atoms with Crippen molar-refractivity contribution in [1.29, 1.82) is 0 Å². The average Bonchev–Trinajstić information content (AvgIpc) is 3.04. The Hall–Kier alpha value is -0.670. The SMILES string of the molecule is O=C(CCC1CCCO1)c1cc2c(s1)CCCC2. The molecule has 0 radical (unpaired) electrons. The van der Waals surface area contributed by atoms with Crippen LogP contribution in [-0.4, -0.2) is 18.5 Å². The lowest BCUT2D eigenvalue weighted by Gasteiger charge is -2.08. The van der Waals surface area contributed by atoms with Crippen LogP contribution < -0.4 is 0 Å². The van der Waals surface area contributed by atoms with Crippen molar-refractivity contribution in [2.24, 2.45) is 0 Å². The van der Waals surface area contributed by atoms with Gasteiger partial charge in [-0.25, -0.2) is 0 Å². The van der Waals surface area contributed by atoms with E-state index in [0.717, 1.165) is 30.7 Å². The van der Waals surface area contributed by atoms with Crippen LogP contribution in [0.15, 0.2) is 6.07 Å². The van der Waals surface area contributed by atoms with Crippen molar-refractivity contribution in [2.75, 3.05) is 6.61 Å². The number of fused-ring (bicyclic) bond motifs is 1. The van der Waals surface area contributed by atoms with E-state index in [4.69, 9.17) is 4.74 Å². The number of hydrogen-bond donors (Lipinski definition) is 0. The average molecular weight is 264 g/mol. The minimum atomic E-state index is 0.324. The molecule has 3 heteroatoms. The maximum absolute atomic E-state index is 12.2. The van der Waals surface area contributed by atoms with Gasteiger partial charge in [0.2, 0.25) is 0 Å². The second-order valence-electron chi connectivity index (χ2n) is 5.36. The Balaban J connectivity index is 1.59. The van der Waals surface area contributed by atoms with Gasteiger partial charge in [0.1, 0.15) is 0 Å². The van der Waals surface area contributed by atoms with Crippen molar-refractivity contribution in [2.45, 2.75) is 57.5 Å². The van der Waals surface area contributed by atoms with E-state index >= 15 is 0 Å². The zero-order valence-corrected chi connectivity index (χ0v) is 11.6. The fraction of sp³-hybridized carbons (Fsp3) is 0.667. The molecule has 2 aliphatic rings. The van der Waals surface area contributed by atoms with Crippen LogP contribution in [0.2, 0.25) is 0 Å². The second kappa shape index (κ2) is 5.54. The molecule has 1 aromatic heterocycles. The van der Waals surface area contributed by atoms with Crippen LogP contribution in [0.5, 0.6) is 0 Å². The molecule has 98 valence electrons. The molecule has 2 nitrogen and oxygen atoms in total. The third-order valence-corrected chi connectivity index (χ3v) is 5.27. The van der Waals surface area contributed by atoms with Crippen LogP contribution in [-0.2, 0) is 17.6 Å². The molecule has 1 atom stereocenters. The molecule has 0 saturated carbocycles. The quantitative estimate of drug-likeness (QED) is 0.774. The number of carbonyl (C=O) groups excluding carboxylic acids is 1. The summed E-state index contributed by atoms with van der Waals surface area (Å²) in [6.45, 7) is 0.881. The van der Waals surface area contributed by atoms with Crippen molar-refractivity contribution in [3.05, 3.63) is 21.4 Å². The Morgan fingerprint density at radius 2 is 2.22 bits per heavy atom. The monoisotopic (exact) mass is 264 g/mol.